The van der Waals surface area contributed by atoms with E-state index in [1.165, 1.54) is 11.1 Å². The van der Waals surface area contributed by atoms with Crippen LogP contribution in [0, 0.1) is 13.8 Å². The summed E-state index contributed by atoms with van der Waals surface area (Å²) in [6, 6.07) is 16.2. The fraction of sp³-hybridized carbons (Fsp3) is 0.235. The van der Waals surface area contributed by atoms with E-state index in [-0.39, 0.29) is 5.91 Å². The molecule has 0 bridgehead atoms. The molecule has 0 aliphatic heterocycles. The van der Waals surface area contributed by atoms with Crippen LogP contribution in [-0.4, -0.2) is 11.7 Å². The smallest absolute Gasteiger partial charge is 0.234 e. The highest BCUT2D eigenvalue weighted by Crippen LogP contribution is 2.15. The van der Waals surface area contributed by atoms with Crippen LogP contribution in [0.15, 0.2) is 48.5 Å². The Morgan fingerprint density at radius 1 is 1.05 bits per heavy atom. The topological polar surface area (TPSA) is 29.1 Å². The van der Waals surface area contributed by atoms with E-state index < -0.39 is 0 Å². The molecule has 0 unspecified atom stereocenters. The Morgan fingerprint density at radius 2 is 1.75 bits per heavy atom. The van der Waals surface area contributed by atoms with Crippen LogP contribution in [0.3, 0.4) is 0 Å². The maximum Gasteiger partial charge on any atom is 0.234 e. The van der Waals surface area contributed by atoms with Crippen LogP contribution in [0.4, 0.5) is 5.69 Å². The second-order valence-electron chi connectivity index (χ2n) is 4.90. The fourth-order valence-corrected chi connectivity index (χ4v) is 2.76. The molecule has 0 spiro atoms. The van der Waals surface area contributed by atoms with Gasteiger partial charge in [-0.2, -0.15) is 0 Å². The summed E-state index contributed by atoms with van der Waals surface area (Å²) in [5.74, 6) is 1.39. The molecule has 0 atom stereocenters. The first kappa shape index (κ1) is 14.7. The van der Waals surface area contributed by atoms with Crippen LogP contribution in [0.2, 0.25) is 0 Å². The van der Waals surface area contributed by atoms with Gasteiger partial charge in [-0.1, -0.05) is 42.0 Å². The molecule has 3 heteroatoms. The Labute approximate surface area is 124 Å². The molecule has 0 saturated heterocycles. The van der Waals surface area contributed by atoms with E-state index in [0.717, 1.165) is 17.0 Å². The van der Waals surface area contributed by atoms with E-state index in [1.807, 2.05) is 31.2 Å². The Kier molecular flexibility index (Phi) is 5.24. The van der Waals surface area contributed by atoms with Gasteiger partial charge in [0.25, 0.3) is 0 Å². The van der Waals surface area contributed by atoms with Crippen molar-refractivity contribution in [2.75, 3.05) is 11.1 Å². The van der Waals surface area contributed by atoms with E-state index in [1.54, 1.807) is 11.8 Å². The van der Waals surface area contributed by atoms with Gasteiger partial charge in [0.2, 0.25) is 5.91 Å². The van der Waals surface area contributed by atoms with Crippen molar-refractivity contribution in [3.05, 3.63) is 65.2 Å². The van der Waals surface area contributed by atoms with Crippen LogP contribution in [0.25, 0.3) is 0 Å². The highest BCUT2D eigenvalue weighted by molar-refractivity contribution is 7.99. The molecule has 0 heterocycles. The summed E-state index contributed by atoms with van der Waals surface area (Å²) in [6.07, 6.45) is 0. The van der Waals surface area contributed by atoms with Crippen molar-refractivity contribution in [3.8, 4) is 0 Å². The third-order valence-electron chi connectivity index (χ3n) is 2.89. The molecular weight excluding hydrogens is 266 g/mol. The minimum Gasteiger partial charge on any atom is -0.325 e. The SMILES string of the molecule is Cc1cccc(CSCC(=O)Nc2cccc(C)c2)c1. The first-order valence-corrected chi connectivity index (χ1v) is 7.79. The number of benzene rings is 2. The normalized spacial score (nSPS) is 10.3. The molecule has 0 aliphatic carbocycles. The van der Waals surface area contributed by atoms with Gasteiger partial charge in [0.05, 0.1) is 5.75 Å². The Balaban J connectivity index is 1.78. The lowest BCUT2D eigenvalue weighted by molar-refractivity contribution is -0.113. The number of hydrogen-bond donors (Lipinski definition) is 1. The van der Waals surface area contributed by atoms with E-state index in [0.29, 0.717) is 5.75 Å². The summed E-state index contributed by atoms with van der Waals surface area (Å²) >= 11 is 1.63. The number of aryl methyl sites for hydroxylation is 2. The molecule has 0 saturated carbocycles. The molecular formula is C17H19NOS. The first-order chi connectivity index (χ1) is 9.63. The summed E-state index contributed by atoms with van der Waals surface area (Å²) in [4.78, 5) is 11.8. The lowest BCUT2D eigenvalue weighted by atomic mass is 10.2. The van der Waals surface area contributed by atoms with Gasteiger partial charge in [0, 0.05) is 11.4 Å². The molecule has 1 N–H and O–H groups in total. The van der Waals surface area contributed by atoms with Gasteiger partial charge in [0.15, 0.2) is 0 Å². The highest BCUT2D eigenvalue weighted by atomic mass is 32.2. The number of anilines is 1. The van der Waals surface area contributed by atoms with Crippen molar-refractivity contribution >= 4 is 23.4 Å². The largest absolute Gasteiger partial charge is 0.325 e. The number of carbonyl (C=O) groups excluding carboxylic acids is 1. The molecule has 1 amide bonds. The number of hydrogen-bond acceptors (Lipinski definition) is 2. The third kappa shape index (κ3) is 4.74. The molecule has 0 fully saturated rings. The molecule has 0 aromatic heterocycles. The summed E-state index contributed by atoms with van der Waals surface area (Å²) in [5.41, 5.74) is 4.53. The van der Waals surface area contributed by atoms with Crippen molar-refractivity contribution in [2.45, 2.75) is 19.6 Å². The second kappa shape index (κ2) is 7.15. The van der Waals surface area contributed by atoms with E-state index in [9.17, 15) is 4.79 Å². The molecule has 20 heavy (non-hydrogen) atoms. The monoisotopic (exact) mass is 285 g/mol. The van der Waals surface area contributed by atoms with Crippen molar-refractivity contribution in [3.63, 3.8) is 0 Å². The van der Waals surface area contributed by atoms with Crippen LogP contribution < -0.4 is 5.32 Å². The van der Waals surface area contributed by atoms with Gasteiger partial charge in [0.1, 0.15) is 0 Å². The van der Waals surface area contributed by atoms with Crippen molar-refractivity contribution in [2.24, 2.45) is 0 Å². The third-order valence-corrected chi connectivity index (χ3v) is 3.89. The fourth-order valence-electron chi connectivity index (χ4n) is 1.98. The standard InChI is InChI=1S/C17H19NOS/c1-13-5-3-7-15(9-13)11-20-12-17(19)18-16-8-4-6-14(2)10-16/h3-10H,11-12H2,1-2H3,(H,18,19). The van der Waals surface area contributed by atoms with Crippen molar-refractivity contribution < 1.29 is 4.79 Å². The zero-order valence-corrected chi connectivity index (χ0v) is 12.7. The maximum atomic E-state index is 11.8. The molecule has 104 valence electrons. The van der Waals surface area contributed by atoms with Gasteiger partial charge in [-0.25, -0.2) is 0 Å². The van der Waals surface area contributed by atoms with Gasteiger partial charge in [-0.05, 0) is 37.1 Å². The van der Waals surface area contributed by atoms with Gasteiger partial charge >= 0.3 is 0 Å². The number of nitrogens with one attached hydrogen (secondary N) is 1. The van der Waals surface area contributed by atoms with Gasteiger partial charge in [-0.15, -0.1) is 11.8 Å². The lowest BCUT2D eigenvalue weighted by Crippen LogP contribution is -2.14. The molecule has 0 radical (unpaired) electrons. The van der Waals surface area contributed by atoms with Crippen molar-refractivity contribution in [1.82, 2.24) is 0 Å². The average molecular weight is 285 g/mol. The molecule has 2 aromatic carbocycles. The van der Waals surface area contributed by atoms with Crippen LogP contribution in [0.1, 0.15) is 16.7 Å². The highest BCUT2D eigenvalue weighted by Gasteiger charge is 2.03. The summed E-state index contributed by atoms with van der Waals surface area (Å²) in [7, 11) is 0. The predicted octanol–water partition coefficient (Wildman–Crippen LogP) is 4.18. The zero-order valence-electron chi connectivity index (χ0n) is 11.8. The van der Waals surface area contributed by atoms with Crippen LogP contribution in [-0.2, 0) is 10.5 Å². The Hall–Kier alpha value is -1.74. The summed E-state index contributed by atoms with van der Waals surface area (Å²) < 4.78 is 0. The van der Waals surface area contributed by atoms with Crippen LogP contribution in [0.5, 0.6) is 0 Å². The Morgan fingerprint density at radius 3 is 2.45 bits per heavy atom. The van der Waals surface area contributed by atoms with Crippen molar-refractivity contribution in [1.29, 1.82) is 0 Å². The number of carbonyl (C=O) groups is 1. The minimum absolute atomic E-state index is 0.0493. The van der Waals surface area contributed by atoms with Gasteiger partial charge in [-0.3, -0.25) is 4.79 Å². The molecule has 2 aromatic rings. The number of thioether (sulfide) groups is 1. The van der Waals surface area contributed by atoms with E-state index in [2.05, 4.69) is 36.5 Å². The lowest BCUT2D eigenvalue weighted by Gasteiger charge is -2.06. The summed E-state index contributed by atoms with van der Waals surface area (Å²) in [6.45, 7) is 4.10. The van der Waals surface area contributed by atoms with E-state index in [4.69, 9.17) is 0 Å². The number of amides is 1. The molecule has 0 aliphatic rings. The second-order valence-corrected chi connectivity index (χ2v) is 5.89. The zero-order chi connectivity index (χ0) is 14.4. The molecule has 2 rings (SSSR count). The quantitative estimate of drug-likeness (QED) is 0.893. The predicted molar refractivity (Wildman–Crippen MR) is 87.1 cm³/mol. The molecule has 2 nitrogen and oxygen atoms in total. The Bertz CT molecular complexity index is 595. The van der Waals surface area contributed by atoms with Gasteiger partial charge < -0.3 is 5.32 Å². The average Bonchev–Trinajstić information content (AvgIpc) is 2.38. The number of rotatable bonds is 5. The summed E-state index contributed by atoms with van der Waals surface area (Å²) in [5, 5.41) is 2.92. The van der Waals surface area contributed by atoms with E-state index >= 15 is 0 Å². The first-order valence-electron chi connectivity index (χ1n) is 6.63. The minimum atomic E-state index is 0.0493. The maximum absolute atomic E-state index is 11.8. The van der Waals surface area contributed by atoms with Crippen LogP contribution >= 0.6 is 11.8 Å².